The standard InChI is InChI=1S/C27H28N4O3/c1-4-34-27(33)18-11-13-21-23(14-18)30-26(32)24(21)25(17-8-6-5-7-9-17)29-20-12-10-19(16-31(2)3)22(28)15-20/h5-15,30,32H,4,16,28H2,1-3H3. The first-order valence-corrected chi connectivity index (χ1v) is 11.1. The van der Waals surface area contributed by atoms with Crippen LogP contribution in [0.15, 0.2) is 71.7 Å². The van der Waals surface area contributed by atoms with Gasteiger partial charge in [0.15, 0.2) is 5.88 Å². The van der Waals surface area contributed by atoms with Crippen LogP contribution in [0.4, 0.5) is 11.4 Å². The molecule has 0 saturated heterocycles. The SMILES string of the molecule is CCOC(=O)c1ccc2c(C(=Nc3ccc(CN(C)C)c(N)c3)c3ccccc3)c(O)[nH]c2c1. The van der Waals surface area contributed by atoms with Crippen LogP contribution in [0, 0.1) is 0 Å². The van der Waals surface area contributed by atoms with Gasteiger partial charge in [0.1, 0.15) is 0 Å². The molecule has 0 spiro atoms. The van der Waals surface area contributed by atoms with Crippen molar-refractivity contribution in [1.82, 2.24) is 9.88 Å². The number of carbonyl (C=O) groups is 1. The number of anilines is 1. The first-order valence-electron chi connectivity index (χ1n) is 11.1. The van der Waals surface area contributed by atoms with Gasteiger partial charge in [0.25, 0.3) is 0 Å². The van der Waals surface area contributed by atoms with Gasteiger partial charge < -0.3 is 25.5 Å². The number of carbonyl (C=O) groups excluding carboxylic acids is 1. The van der Waals surface area contributed by atoms with Crippen molar-refractivity contribution in [3.8, 4) is 5.88 Å². The fraction of sp³-hybridized carbons (Fsp3) is 0.185. The Balaban J connectivity index is 1.85. The Kier molecular flexibility index (Phi) is 6.65. The third kappa shape index (κ3) is 4.79. The van der Waals surface area contributed by atoms with E-state index in [0.717, 1.165) is 23.1 Å². The number of aromatic nitrogens is 1. The van der Waals surface area contributed by atoms with E-state index < -0.39 is 5.97 Å². The number of hydrogen-bond acceptors (Lipinski definition) is 6. The molecule has 174 valence electrons. The molecule has 4 rings (SSSR count). The molecule has 1 heterocycles. The smallest absolute Gasteiger partial charge is 0.338 e. The minimum absolute atomic E-state index is 0.0317. The Labute approximate surface area is 198 Å². The second kappa shape index (κ2) is 9.80. The number of rotatable bonds is 7. The Bertz CT molecular complexity index is 1360. The van der Waals surface area contributed by atoms with Crippen molar-refractivity contribution in [2.45, 2.75) is 13.5 Å². The number of benzene rings is 3. The van der Waals surface area contributed by atoms with E-state index in [9.17, 15) is 9.90 Å². The third-order valence-corrected chi connectivity index (χ3v) is 5.43. The monoisotopic (exact) mass is 456 g/mol. The summed E-state index contributed by atoms with van der Waals surface area (Å²) in [5.41, 5.74) is 11.6. The Hall–Kier alpha value is -4.10. The number of nitrogens with two attached hydrogens (primary N) is 1. The summed E-state index contributed by atoms with van der Waals surface area (Å²) in [6.45, 7) is 2.78. The summed E-state index contributed by atoms with van der Waals surface area (Å²) in [6.07, 6.45) is 0. The summed E-state index contributed by atoms with van der Waals surface area (Å²) < 4.78 is 5.10. The molecule has 0 saturated carbocycles. The van der Waals surface area contributed by atoms with E-state index in [1.165, 1.54) is 0 Å². The maximum atomic E-state index is 12.2. The van der Waals surface area contributed by atoms with E-state index in [2.05, 4.69) is 9.88 Å². The van der Waals surface area contributed by atoms with Gasteiger partial charge in [-0.3, -0.25) is 0 Å². The highest BCUT2D eigenvalue weighted by atomic mass is 16.5. The lowest BCUT2D eigenvalue weighted by Crippen LogP contribution is -2.12. The van der Waals surface area contributed by atoms with Gasteiger partial charge in [-0.05, 0) is 50.8 Å². The molecule has 0 aliphatic rings. The Morgan fingerprint density at radius 3 is 2.50 bits per heavy atom. The average molecular weight is 457 g/mol. The molecule has 0 aliphatic heterocycles. The van der Waals surface area contributed by atoms with E-state index in [1.807, 2.05) is 62.6 Å². The number of aliphatic imine (C=N–C) groups is 1. The van der Waals surface area contributed by atoms with Crippen LogP contribution in [-0.4, -0.2) is 47.4 Å². The van der Waals surface area contributed by atoms with Crippen molar-refractivity contribution in [2.75, 3.05) is 26.4 Å². The fourth-order valence-corrected chi connectivity index (χ4v) is 3.89. The molecule has 4 aromatic rings. The second-order valence-electron chi connectivity index (χ2n) is 8.28. The largest absolute Gasteiger partial charge is 0.494 e. The molecule has 0 fully saturated rings. The van der Waals surface area contributed by atoms with Crippen LogP contribution in [-0.2, 0) is 11.3 Å². The number of nitrogens with one attached hydrogen (secondary N) is 1. The molecule has 0 atom stereocenters. The molecule has 1 aromatic heterocycles. The number of aromatic amines is 1. The number of nitrogen functional groups attached to an aromatic ring is 1. The summed E-state index contributed by atoms with van der Waals surface area (Å²) in [7, 11) is 3.98. The Morgan fingerprint density at radius 2 is 1.82 bits per heavy atom. The zero-order valence-corrected chi connectivity index (χ0v) is 19.5. The minimum atomic E-state index is -0.412. The van der Waals surface area contributed by atoms with Gasteiger partial charge in [0.05, 0.1) is 29.1 Å². The van der Waals surface area contributed by atoms with Crippen LogP contribution in [0.2, 0.25) is 0 Å². The lowest BCUT2D eigenvalue weighted by molar-refractivity contribution is 0.0526. The van der Waals surface area contributed by atoms with Crippen molar-refractivity contribution in [3.63, 3.8) is 0 Å². The Morgan fingerprint density at radius 1 is 1.06 bits per heavy atom. The number of H-pyrrole nitrogens is 1. The van der Waals surface area contributed by atoms with Gasteiger partial charge >= 0.3 is 5.97 Å². The normalized spacial score (nSPS) is 11.8. The van der Waals surface area contributed by atoms with Gasteiger partial charge in [0.2, 0.25) is 0 Å². The van der Waals surface area contributed by atoms with Crippen LogP contribution >= 0.6 is 0 Å². The van der Waals surface area contributed by atoms with Crippen LogP contribution < -0.4 is 5.73 Å². The molecule has 0 bridgehead atoms. The van der Waals surface area contributed by atoms with Crippen molar-refractivity contribution in [3.05, 3.63) is 89.0 Å². The topological polar surface area (TPSA) is 104 Å². The van der Waals surface area contributed by atoms with Gasteiger partial charge in [-0.25, -0.2) is 9.79 Å². The minimum Gasteiger partial charge on any atom is -0.494 e. The summed E-state index contributed by atoms with van der Waals surface area (Å²) in [5, 5.41) is 11.6. The molecule has 0 aliphatic carbocycles. The summed E-state index contributed by atoms with van der Waals surface area (Å²) in [4.78, 5) is 22.1. The number of fused-ring (bicyclic) bond motifs is 1. The number of esters is 1. The van der Waals surface area contributed by atoms with Crippen LogP contribution in [0.3, 0.4) is 0 Å². The second-order valence-corrected chi connectivity index (χ2v) is 8.28. The number of hydrogen-bond donors (Lipinski definition) is 3. The van der Waals surface area contributed by atoms with E-state index >= 15 is 0 Å². The molecular formula is C27H28N4O3. The van der Waals surface area contributed by atoms with E-state index in [1.54, 1.807) is 25.1 Å². The van der Waals surface area contributed by atoms with Crippen molar-refractivity contribution in [2.24, 2.45) is 4.99 Å². The van der Waals surface area contributed by atoms with Crippen LogP contribution in [0.5, 0.6) is 5.88 Å². The molecule has 4 N–H and O–H groups in total. The third-order valence-electron chi connectivity index (χ3n) is 5.43. The number of aromatic hydroxyl groups is 1. The molecule has 3 aromatic carbocycles. The first kappa shape index (κ1) is 23.1. The lowest BCUT2D eigenvalue weighted by Gasteiger charge is -2.13. The lowest BCUT2D eigenvalue weighted by atomic mass is 10.00. The van der Waals surface area contributed by atoms with E-state index in [0.29, 0.717) is 40.3 Å². The zero-order chi connectivity index (χ0) is 24.2. The summed E-state index contributed by atoms with van der Waals surface area (Å²) in [6, 6.07) is 20.5. The predicted molar refractivity (Wildman–Crippen MR) is 136 cm³/mol. The van der Waals surface area contributed by atoms with Gasteiger partial charge in [0, 0.05) is 28.7 Å². The highest BCUT2D eigenvalue weighted by Gasteiger charge is 2.20. The van der Waals surface area contributed by atoms with E-state index in [-0.39, 0.29) is 5.88 Å². The van der Waals surface area contributed by atoms with Crippen molar-refractivity contribution in [1.29, 1.82) is 0 Å². The maximum absolute atomic E-state index is 12.2. The first-order chi connectivity index (χ1) is 16.4. The van der Waals surface area contributed by atoms with Crippen LogP contribution in [0.1, 0.15) is 34.0 Å². The predicted octanol–water partition coefficient (Wildman–Crippen LogP) is 4.86. The molecular weight excluding hydrogens is 428 g/mol. The quantitative estimate of drug-likeness (QED) is 0.209. The van der Waals surface area contributed by atoms with Gasteiger partial charge in [-0.1, -0.05) is 42.5 Å². The zero-order valence-electron chi connectivity index (χ0n) is 19.5. The molecule has 0 unspecified atom stereocenters. The maximum Gasteiger partial charge on any atom is 0.338 e. The fourth-order valence-electron chi connectivity index (χ4n) is 3.89. The average Bonchev–Trinajstić information content (AvgIpc) is 3.14. The van der Waals surface area contributed by atoms with Gasteiger partial charge in [-0.15, -0.1) is 0 Å². The molecule has 0 radical (unpaired) electrons. The molecule has 0 amide bonds. The van der Waals surface area contributed by atoms with E-state index in [4.69, 9.17) is 15.5 Å². The molecule has 34 heavy (non-hydrogen) atoms. The summed E-state index contributed by atoms with van der Waals surface area (Å²) >= 11 is 0. The highest BCUT2D eigenvalue weighted by Crippen LogP contribution is 2.33. The number of nitrogens with zero attached hydrogens (tertiary/aromatic N) is 2. The summed E-state index contributed by atoms with van der Waals surface area (Å²) in [5.74, 6) is -0.443. The van der Waals surface area contributed by atoms with Crippen molar-refractivity contribution < 1.29 is 14.6 Å². The van der Waals surface area contributed by atoms with Gasteiger partial charge in [-0.2, -0.15) is 0 Å². The molecule has 7 nitrogen and oxygen atoms in total. The highest BCUT2D eigenvalue weighted by molar-refractivity contribution is 6.22. The number of ether oxygens (including phenoxy) is 1. The van der Waals surface area contributed by atoms with Crippen molar-refractivity contribution >= 4 is 34.0 Å². The van der Waals surface area contributed by atoms with Crippen LogP contribution in [0.25, 0.3) is 10.9 Å². The molecule has 7 heteroatoms.